The molecule has 0 aliphatic rings. The van der Waals surface area contributed by atoms with E-state index in [0.717, 1.165) is 0 Å². The van der Waals surface area contributed by atoms with Crippen LogP contribution in [0.25, 0.3) is 0 Å². The van der Waals surface area contributed by atoms with Crippen LogP contribution in [0.3, 0.4) is 0 Å². The van der Waals surface area contributed by atoms with Gasteiger partial charge in [-0.1, -0.05) is 0 Å². The van der Waals surface area contributed by atoms with Crippen LogP contribution in [-0.2, 0) is 0 Å². The van der Waals surface area contributed by atoms with E-state index in [4.69, 9.17) is 0 Å². The van der Waals surface area contributed by atoms with Gasteiger partial charge in [-0.2, -0.15) is 114 Å². The Morgan fingerprint density at radius 3 is 0.575 bits per heavy atom. The molecule has 0 saturated carbocycles. The lowest BCUT2D eigenvalue weighted by Gasteiger charge is -2.45. The summed E-state index contributed by atoms with van der Waals surface area (Å²) in [5.74, 6) is -107. The van der Waals surface area contributed by atoms with Crippen LogP contribution in [0.1, 0.15) is 6.92 Å². The first-order chi connectivity index (χ1) is 16.7. The summed E-state index contributed by atoms with van der Waals surface area (Å²) in [6.45, 7) is -1.54. The van der Waals surface area contributed by atoms with Gasteiger partial charge >= 0.3 is 77.5 Å². The smallest absolute Gasteiger partial charge is 0.200 e. The Kier molecular flexibility index (Phi) is 8.67. The summed E-state index contributed by atoms with van der Waals surface area (Å²) in [5, 5.41) is 0. The third-order valence-corrected chi connectivity index (χ3v) is 4.73. The SMILES string of the molecule is CC(F)(F)C(F)(F)C(F)(F)C(F)(F)C(F)(F)C(F)(F)C(F)(F)C(F)(F)C(F)(F)C(F)(F)C(F)(F)C(F)(F)[C](F)F. The molecule has 0 aromatic rings. The van der Waals surface area contributed by atoms with Gasteiger partial charge in [0.2, 0.25) is 0 Å². The highest BCUT2D eigenvalue weighted by Crippen LogP contribution is 2.68. The van der Waals surface area contributed by atoms with E-state index in [1.807, 2.05) is 0 Å². The standard InChI is InChI=1S/C14H3F26/c1-3(17,18)5(21,22)7(25,26)9(29,30)11(33,34)13(37,38)14(39,40)12(35,36)10(31,32)8(27,28)6(23,24)4(19,20)2(15)16/h1H3. The van der Waals surface area contributed by atoms with Crippen molar-refractivity contribution in [3.05, 3.63) is 6.43 Å². The maximum absolute atomic E-state index is 13.5. The molecule has 0 saturated heterocycles. The molecule has 0 aromatic carbocycles. The summed E-state index contributed by atoms with van der Waals surface area (Å²) in [5.41, 5.74) is 0. The van der Waals surface area contributed by atoms with Gasteiger partial charge < -0.3 is 0 Å². The molecule has 40 heavy (non-hydrogen) atoms. The van der Waals surface area contributed by atoms with Crippen LogP contribution in [-0.4, -0.2) is 71.1 Å². The highest BCUT2D eigenvalue weighted by Gasteiger charge is 2.99. The van der Waals surface area contributed by atoms with Crippen molar-refractivity contribution in [1.82, 2.24) is 0 Å². The van der Waals surface area contributed by atoms with E-state index in [9.17, 15) is 114 Å². The first-order valence-corrected chi connectivity index (χ1v) is 8.41. The molecule has 1 radical (unpaired) electrons. The summed E-state index contributed by atoms with van der Waals surface area (Å²) in [6.07, 6.45) is -5.39. The molecule has 0 aliphatic carbocycles. The van der Waals surface area contributed by atoms with Crippen LogP contribution in [0, 0.1) is 6.43 Å². The Morgan fingerprint density at radius 2 is 0.425 bits per heavy atom. The molecule has 0 atom stereocenters. The van der Waals surface area contributed by atoms with Crippen molar-refractivity contribution in [3.8, 4) is 0 Å². The second-order valence-corrected chi connectivity index (χ2v) is 7.47. The third-order valence-electron chi connectivity index (χ3n) is 4.73. The molecule has 0 amide bonds. The summed E-state index contributed by atoms with van der Waals surface area (Å²) < 4.78 is 340. The predicted molar refractivity (Wildman–Crippen MR) is 70.5 cm³/mol. The van der Waals surface area contributed by atoms with Crippen molar-refractivity contribution < 1.29 is 114 Å². The van der Waals surface area contributed by atoms with Crippen molar-refractivity contribution in [1.29, 1.82) is 0 Å². The topological polar surface area (TPSA) is 0 Å². The van der Waals surface area contributed by atoms with Gasteiger partial charge in [0.15, 0.2) is 0 Å². The molecule has 0 nitrogen and oxygen atoms in total. The third kappa shape index (κ3) is 4.21. The first kappa shape index (κ1) is 38.2. The minimum Gasteiger partial charge on any atom is -0.200 e. The molecular weight excluding hydrogens is 662 g/mol. The van der Waals surface area contributed by atoms with E-state index in [1.54, 1.807) is 0 Å². The number of hydrogen-bond acceptors (Lipinski definition) is 0. The molecule has 26 heteroatoms. The van der Waals surface area contributed by atoms with Gasteiger partial charge in [0.1, 0.15) is 0 Å². The molecular formula is C14H3F26. The lowest BCUT2D eigenvalue weighted by molar-refractivity contribution is -0.478. The average Bonchev–Trinajstić information content (AvgIpc) is 2.71. The average molecular weight is 665 g/mol. The number of hydrogen-bond donors (Lipinski definition) is 0. The van der Waals surface area contributed by atoms with Crippen LogP contribution >= 0.6 is 0 Å². The van der Waals surface area contributed by atoms with Crippen LogP contribution in [0.4, 0.5) is 114 Å². The van der Waals surface area contributed by atoms with Crippen LogP contribution < -0.4 is 0 Å². The van der Waals surface area contributed by atoms with Gasteiger partial charge in [-0.05, 0) is 0 Å². The van der Waals surface area contributed by atoms with E-state index in [2.05, 4.69) is 0 Å². The molecule has 0 rings (SSSR count). The van der Waals surface area contributed by atoms with Crippen molar-refractivity contribution in [2.75, 3.05) is 0 Å². The fourth-order valence-electron chi connectivity index (χ4n) is 2.17. The Morgan fingerprint density at radius 1 is 0.275 bits per heavy atom. The molecule has 0 aromatic heterocycles. The van der Waals surface area contributed by atoms with Crippen LogP contribution in [0.2, 0.25) is 0 Å². The largest absolute Gasteiger partial charge is 0.385 e. The van der Waals surface area contributed by atoms with Crippen molar-refractivity contribution in [2.24, 2.45) is 0 Å². The second-order valence-electron chi connectivity index (χ2n) is 7.47. The van der Waals surface area contributed by atoms with Gasteiger partial charge in [-0.25, -0.2) is 0 Å². The quantitative estimate of drug-likeness (QED) is 0.183. The molecule has 0 aliphatic heterocycles. The lowest BCUT2D eigenvalue weighted by Crippen LogP contribution is -2.78. The summed E-state index contributed by atoms with van der Waals surface area (Å²) >= 11 is 0. The van der Waals surface area contributed by atoms with Crippen LogP contribution in [0.5, 0.6) is 0 Å². The Labute approximate surface area is 200 Å². The zero-order chi connectivity index (χ0) is 33.6. The van der Waals surface area contributed by atoms with Crippen molar-refractivity contribution in [3.63, 3.8) is 0 Å². The zero-order valence-electron chi connectivity index (χ0n) is 17.3. The fraction of sp³-hybridized carbons (Fsp3) is 0.929. The lowest BCUT2D eigenvalue weighted by atomic mass is 9.84. The maximum Gasteiger partial charge on any atom is 0.385 e. The molecule has 0 N–H and O–H groups in total. The number of halogens is 26. The van der Waals surface area contributed by atoms with Crippen molar-refractivity contribution >= 4 is 0 Å². The first-order valence-electron chi connectivity index (χ1n) is 8.41. The highest BCUT2D eigenvalue weighted by atomic mass is 19.4. The summed E-state index contributed by atoms with van der Waals surface area (Å²) in [6, 6.07) is 0. The maximum atomic E-state index is 13.5. The number of rotatable bonds is 12. The molecule has 0 heterocycles. The minimum absolute atomic E-state index is 1.54. The molecule has 0 fully saturated rings. The molecule has 0 unspecified atom stereocenters. The Balaban J connectivity index is 7.35. The van der Waals surface area contributed by atoms with Gasteiger partial charge in [0.05, 0.1) is 0 Å². The second kappa shape index (κ2) is 9.09. The Hall–Kier alpha value is -1.82. The van der Waals surface area contributed by atoms with Gasteiger partial charge in [-0.3, -0.25) is 0 Å². The zero-order valence-corrected chi connectivity index (χ0v) is 17.3. The van der Waals surface area contributed by atoms with E-state index in [1.165, 1.54) is 0 Å². The van der Waals surface area contributed by atoms with Gasteiger partial charge in [0, 0.05) is 6.92 Å². The predicted octanol–water partition coefficient (Wildman–Crippen LogP) is 9.06. The minimum atomic E-state index is -9.64. The van der Waals surface area contributed by atoms with Crippen LogP contribution in [0.15, 0.2) is 0 Å². The van der Waals surface area contributed by atoms with Gasteiger partial charge in [-0.15, -0.1) is 0 Å². The monoisotopic (exact) mass is 665 g/mol. The van der Waals surface area contributed by atoms with E-state index in [-0.39, 0.29) is 0 Å². The normalized spacial score (nSPS) is 17.1. The molecule has 0 bridgehead atoms. The van der Waals surface area contributed by atoms with Gasteiger partial charge in [0.25, 0.3) is 0 Å². The molecule has 241 valence electrons. The summed E-state index contributed by atoms with van der Waals surface area (Å²) in [4.78, 5) is 0. The fourth-order valence-corrected chi connectivity index (χ4v) is 2.17. The summed E-state index contributed by atoms with van der Waals surface area (Å²) in [7, 11) is 0. The van der Waals surface area contributed by atoms with Crippen molar-refractivity contribution in [2.45, 2.75) is 78.0 Å². The molecule has 0 spiro atoms. The number of alkyl halides is 24. The van der Waals surface area contributed by atoms with E-state index < -0.39 is 84.4 Å². The van der Waals surface area contributed by atoms with E-state index in [0.29, 0.717) is 0 Å². The highest BCUT2D eigenvalue weighted by molar-refractivity contribution is 5.20. The Bertz CT molecular complexity index is 916. The van der Waals surface area contributed by atoms with E-state index >= 15 is 0 Å².